The van der Waals surface area contributed by atoms with E-state index in [1.165, 1.54) is 5.56 Å². The van der Waals surface area contributed by atoms with Gasteiger partial charge in [0.1, 0.15) is 5.82 Å². The first-order chi connectivity index (χ1) is 13.0. The van der Waals surface area contributed by atoms with E-state index in [1.807, 2.05) is 19.3 Å². The quantitative estimate of drug-likeness (QED) is 0.880. The molecule has 0 spiro atoms. The van der Waals surface area contributed by atoms with Crippen molar-refractivity contribution in [1.29, 1.82) is 0 Å². The first-order valence-corrected chi connectivity index (χ1v) is 9.67. The Balaban J connectivity index is 1.45. The number of rotatable bonds is 5. The molecule has 1 saturated carbocycles. The van der Waals surface area contributed by atoms with Crippen molar-refractivity contribution in [2.75, 3.05) is 13.2 Å². The van der Waals surface area contributed by atoms with Gasteiger partial charge in [-0.05, 0) is 37.8 Å². The molecule has 2 fully saturated rings. The molecule has 2 unspecified atom stereocenters. The minimum Gasteiger partial charge on any atom is -0.477 e. The monoisotopic (exact) mass is 366 g/mol. The average molecular weight is 366 g/mol. The molecular formula is C21H26N4O2. The Bertz CT molecular complexity index is 837. The van der Waals surface area contributed by atoms with Crippen LogP contribution in [0.5, 0.6) is 5.88 Å². The number of ether oxygens (including phenoxy) is 1. The fourth-order valence-corrected chi connectivity index (χ4v) is 3.81. The van der Waals surface area contributed by atoms with Gasteiger partial charge in [-0.2, -0.15) is 4.98 Å². The molecule has 0 bridgehead atoms. The minimum absolute atomic E-state index is 0.0809. The summed E-state index contributed by atoms with van der Waals surface area (Å²) in [6.45, 7) is 7.37. The van der Waals surface area contributed by atoms with Crippen LogP contribution in [0.15, 0.2) is 24.5 Å². The van der Waals surface area contributed by atoms with E-state index in [0.717, 1.165) is 17.7 Å². The smallest absolute Gasteiger partial charge is 0.220 e. The summed E-state index contributed by atoms with van der Waals surface area (Å²) in [5, 5.41) is 2.92. The lowest BCUT2D eigenvalue weighted by Crippen LogP contribution is -2.38. The maximum absolute atomic E-state index is 11.9. The van der Waals surface area contributed by atoms with Gasteiger partial charge in [-0.15, -0.1) is 0 Å². The van der Waals surface area contributed by atoms with Crippen molar-refractivity contribution >= 4 is 5.91 Å². The Labute approximate surface area is 159 Å². The van der Waals surface area contributed by atoms with Gasteiger partial charge in [0, 0.05) is 54.4 Å². The summed E-state index contributed by atoms with van der Waals surface area (Å²) in [4.78, 5) is 25.3. The number of nitrogens with one attached hydrogen (secondary N) is 1. The predicted octanol–water partition coefficient (Wildman–Crippen LogP) is 2.91. The van der Waals surface area contributed by atoms with Crippen LogP contribution in [0.25, 0.3) is 0 Å². The summed E-state index contributed by atoms with van der Waals surface area (Å²) >= 11 is 0. The molecule has 0 aromatic carbocycles. The van der Waals surface area contributed by atoms with Crippen LogP contribution in [0.1, 0.15) is 54.2 Å². The van der Waals surface area contributed by atoms with Gasteiger partial charge in [0.2, 0.25) is 11.8 Å². The molecule has 1 amide bonds. The summed E-state index contributed by atoms with van der Waals surface area (Å²) in [6.07, 6.45) is 5.32. The van der Waals surface area contributed by atoms with E-state index >= 15 is 0 Å². The molecule has 4 atom stereocenters. The zero-order valence-electron chi connectivity index (χ0n) is 16.1. The molecule has 142 valence electrons. The lowest BCUT2D eigenvalue weighted by Gasteiger charge is -2.29. The highest BCUT2D eigenvalue weighted by molar-refractivity contribution is 5.78. The van der Waals surface area contributed by atoms with E-state index in [4.69, 9.17) is 4.74 Å². The Hall–Kier alpha value is -2.50. The predicted molar refractivity (Wildman–Crippen MR) is 102 cm³/mol. The average Bonchev–Trinajstić information content (AvgIpc) is 3.43. The number of carbonyl (C=O) groups excluding carboxylic acids is 1. The van der Waals surface area contributed by atoms with Gasteiger partial charge in [-0.25, -0.2) is 4.98 Å². The minimum atomic E-state index is 0.0809. The maximum atomic E-state index is 11.9. The molecular weight excluding hydrogens is 340 g/mol. The zero-order valence-corrected chi connectivity index (χ0v) is 16.1. The highest BCUT2D eigenvalue weighted by Crippen LogP contribution is 2.47. The molecule has 3 heterocycles. The largest absolute Gasteiger partial charge is 0.477 e. The number of hydrogen-bond acceptors (Lipinski definition) is 5. The van der Waals surface area contributed by atoms with Gasteiger partial charge in [0.15, 0.2) is 0 Å². The molecule has 6 heteroatoms. The second kappa shape index (κ2) is 7.25. The number of aromatic nitrogens is 3. The first kappa shape index (κ1) is 17.9. The standard InChI is InChI=1S/C21H26N4O2/c1-12-4-5-19(23-8-12)17-6-15(17)11-27-21-18(10-22-14(3)25-21)16-7-20(26)24-9-13(16)2/h4-5,8,10,13,15-17H,6-7,9,11H2,1-3H3,(H,24,26)/t13?,15-,16?,17+/m1/s1. The van der Waals surface area contributed by atoms with E-state index in [2.05, 4.69) is 46.2 Å². The van der Waals surface area contributed by atoms with Crippen molar-refractivity contribution in [3.8, 4) is 5.88 Å². The van der Waals surface area contributed by atoms with Crippen LogP contribution in [-0.4, -0.2) is 34.0 Å². The highest BCUT2D eigenvalue weighted by atomic mass is 16.5. The van der Waals surface area contributed by atoms with Gasteiger partial charge in [-0.3, -0.25) is 9.78 Å². The number of hydrogen-bond donors (Lipinski definition) is 1. The third kappa shape index (κ3) is 3.94. The number of amides is 1. The Morgan fingerprint density at radius 2 is 2.04 bits per heavy atom. The maximum Gasteiger partial charge on any atom is 0.220 e. The Morgan fingerprint density at radius 1 is 1.19 bits per heavy atom. The van der Waals surface area contributed by atoms with Gasteiger partial charge in [0.05, 0.1) is 6.61 Å². The third-order valence-electron chi connectivity index (χ3n) is 5.68. The van der Waals surface area contributed by atoms with Crippen molar-refractivity contribution in [2.45, 2.75) is 45.4 Å². The fraction of sp³-hybridized carbons (Fsp3) is 0.524. The molecule has 0 radical (unpaired) electrons. The number of pyridine rings is 1. The van der Waals surface area contributed by atoms with E-state index < -0.39 is 0 Å². The molecule has 27 heavy (non-hydrogen) atoms. The summed E-state index contributed by atoms with van der Waals surface area (Å²) in [5.74, 6) is 2.78. The first-order valence-electron chi connectivity index (χ1n) is 9.67. The SMILES string of the molecule is Cc1ccc([C@H]2C[C@@H]2COc2nc(C)ncc2C2CC(=O)NCC2C)nc1. The van der Waals surface area contributed by atoms with Gasteiger partial charge in [-0.1, -0.05) is 13.0 Å². The Kier molecular flexibility index (Phi) is 4.81. The third-order valence-corrected chi connectivity index (χ3v) is 5.68. The molecule has 6 nitrogen and oxygen atoms in total. The van der Waals surface area contributed by atoms with Crippen molar-refractivity contribution < 1.29 is 9.53 Å². The van der Waals surface area contributed by atoms with Crippen LogP contribution in [-0.2, 0) is 4.79 Å². The van der Waals surface area contributed by atoms with E-state index in [-0.39, 0.29) is 11.8 Å². The normalized spacial score (nSPS) is 27.1. The molecule has 4 rings (SSSR count). The van der Waals surface area contributed by atoms with Gasteiger partial charge in [0.25, 0.3) is 0 Å². The van der Waals surface area contributed by atoms with Crippen molar-refractivity contribution in [3.63, 3.8) is 0 Å². The van der Waals surface area contributed by atoms with Crippen LogP contribution in [0.2, 0.25) is 0 Å². The number of nitrogens with zero attached hydrogens (tertiary/aromatic N) is 3. The number of aryl methyl sites for hydroxylation is 2. The molecule has 1 N–H and O–H groups in total. The summed E-state index contributed by atoms with van der Waals surface area (Å²) in [5.41, 5.74) is 3.28. The summed E-state index contributed by atoms with van der Waals surface area (Å²) in [6, 6.07) is 4.22. The van der Waals surface area contributed by atoms with Crippen LogP contribution in [0, 0.1) is 25.7 Å². The van der Waals surface area contributed by atoms with Crippen molar-refractivity contribution in [1.82, 2.24) is 20.3 Å². The molecule has 2 aromatic rings. The van der Waals surface area contributed by atoms with E-state index in [0.29, 0.717) is 49.0 Å². The van der Waals surface area contributed by atoms with Crippen LogP contribution in [0.4, 0.5) is 0 Å². The lowest BCUT2D eigenvalue weighted by molar-refractivity contribution is -0.123. The second-order valence-electron chi connectivity index (χ2n) is 7.94. The van der Waals surface area contributed by atoms with Crippen LogP contribution >= 0.6 is 0 Å². The second-order valence-corrected chi connectivity index (χ2v) is 7.94. The molecule has 1 aliphatic heterocycles. The fourth-order valence-electron chi connectivity index (χ4n) is 3.81. The Morgan fingerprint density at radius 3 is 2.81 bits per heavy atom. The van der Waals surface area contributed by atoms with Gasteiger partial charge >= 0.3 is 0 Å². The summed E-state index contributed by atoms with van der Waals surface area (Å²) in [7, 11) is 0. The van der Waals surface area contributed by atoms with E-state index in [9.17, 15) is 4.79 Å². The van der Waals surface area contributed by atoms with Crippen LogP contribution < -0.4 is 10.1 Å². The number of carbonyl (C=O) groups is 1. The van der Waals surface area contributed by atoms with Crippen molar-refractivity contribution in [2.24, 2.45) is 11.8 Å². The van der Waals surface area contributed by atoms with Crippen LogP contribution in [0.3, 0.4) is 0 Å². The number of piperidine rings is 1. The zero-order chi connectivity index (χ0) is 19.0. The molecule has 2 aliphatic rings. The topological polar surface area (TPSA) is 77.0 Å². The van der Waals surface area contributed by atoms with E-state index in [1.54, 1.807) is 0 Å². The molecule has 2 aromatic heterocycles. The highest BCUT2D eigenvalue weighted by Gasteiger charge is 2.40. The van der Waals surface area contributed by atoms with Crippen molar-refractivity contribution in [3.05, 3.63) is 47.2 Å². The molecule has 1 aliphatic carbocycles. The molecule has 1 saturated heterocycles. The van der Waals surface area contributed by atoms with Gasteiger partial charge < -0.3 is 10.1 Å². The summed E-state index contributed by atoms with van der Waals surface area (Å²) < 4.78 is 6.14. The lowest BCUT2D eigenvalue weighted by atomic mass is 9.83.